The first-order valence-corrected chi connectivity index (χ1v) is 11.7. The molecular weight excluding hydrogens is 428 g/mol. The van der Waals surface area contributed by atoms with Gasteiger partial charge in [-0.05, 0) is 36.1 Å². The number of hydrogen-bond acceptors (Lipinski definition) is 5. The molecule has 0 amide bonds. The summed E-state index contributed by atoms with van der Waals surface area (Å²) in [6, 6.07) is 17.3. The van der Waals surface area contributed by atoms with Crippen LogP contribution in [0.1, 0.15) is 39.8 Å². The number of ether oxygens (including phenoxy) is 1. The number of anilines is 1. The second kappa shape index (κ2) is 9.27. The quantitative estimate of drug-likeness (QED) is 0.464. The third-order valence-corrected chi connectivity index (χ3v) is 6.41. The number of aromatic carboxylic acids is 1. The van der Waals surface area contributed by atoms with Crippen molar-refractivity contribution in [1.29, 1.82) is 0 Å². The van der Waals surface area contributed by atoms with Crippen molar-refractivity contribution in [1.82, 2.24) is 14.6 Å². The lowest BCUT2D eigenvalue weighted by Gasteiger charge is -2.28. The van der Waals surface area contributed by atoms with Gasteiger partial charge < -0.3 is 14.7 Å². The van der Waals surface area contributed by atoms with E-state index in [1.807, 2.05) is 28.8 Å². The molecule has 0 atom stereocenters. The Bertz CT molecular complexity index is 1340. The van der Waals surface area contributed by atoms with E-state index in [-0.39, 0.29) is 0 Å². The van der Waals surface area contributed by atoms with E-state index in [2.05, 4.69) is 36.9 Å². The van der Waals surface area contributed by atoms with Crippen LogP contribution in [0.2, 0.25) is 0 Å². The molecule has 7 nitrogen and oxygen atoms in total. The topological polar surface area (TPSA) is 80.0 Å². The van der Waals surface area contributed by atoms with Crippen molar-refractivity contribution in [3.8, 4) is 11.1 Å². The molecule has 7 heteroatoms. The highest BCUT2D eigenvalue weighted by molar-refractivity contribution is 5.96. The maximum absolute atomic E-state index is 11.6. The van der Waals surface area contributed by atoms with Gasteiger partial charge in [0.2, 0.25) is 0 Å². The Hall–Kier alpha value is -3.71. The first-order chi connectivity index (χ1) is 16.5. The van der Waals surface area contributed by atoms with Crippen LogP contribution in [0.4, 0.5) is 5.82 Å². The predicted molar refractivity (Wildman–Crippen MR) is 132 cm³/mol. The molecule has 5 rings (SSSR count). The van der Waals surface area contributed by atoms with Crippen molar-refractivity contribution >= 4 is 17.4 Å². The van der Waals surface area contributed by atoms with Gasteiger partial charge in [0, 0.05) is 36.8 Å². The minimum Gasteiger partial charge on any atom is -0.478 e. The van der Waals surface area contributed by atoms with Gasteiger partial charge in [-0.1, -0.05) is 49.4 Å². The molecular formula is C27H28N4O3. The summed E-state index contributed by atoms with van der Waals surface area (Å²) in [6.45, 7) is 7.31. The maximum atomic E-state index is 11.6. The van der Waals surface area contributed by atoms with Gasteiger partial charge in [0.15, 0.2) is 5.65 Å². The fourth-order valence-electron chi connectivity index (χ4n) is 4.58. The number of hydrogen-bond donors (Lipinski definition) is 1. The SMILES string of the molecule is CCc1nn2c(C)cc(N3CCOCC3)nc2c1Cc1ccc(-c2ccccc2C(=O)O)cc1. The van der Waals surface area contributed by atoms with Crippen molar-refractivity contribution in [2.24, 2.45) is 0 Å². The summed E-state index contributed by atoms with van der Waals surface area (Å²) in [5, 5.41) is 14.4. The second-order valence-corrected chi connectivity index (χ2v) is 8.59. The number of aromatic nitrogens is 3. The molecule has 4 aromatic rings. The fraction of sp³-hybridized carbons (Fsp3) is 0.296. The molecule has 1 N–H and O–H groups in total. The molecule has 2 aromatic carbocycles. The minimum absolute atomic E-state index is 0.307. The predicted octanol–water partition coefficient (Wildman–Crippen LogP) is 4.39. The van der Waals surface area contributed by atoms with Gasteiger partial charge in [0.1, 0.15) is 5.82 Å². The molecule has 0 aliphatic carbocycles. The van der Waals surface area contributed by atoms with E-state index in [1.54, 1.807) is 12.1 Å². The van der Waals surface area contributed by atoms with E-state index in [1.165, 1.54) is 0 Å². The summed E-state index contributed by atoms with van der Waals surface area (Å²) in [6.07, 6.45) is 1.54. The van der Waals surface area contributed by atoms with Gasteiger partial charge in [-0.15, -0.1) is 0 Å². The van der Waals surface area contributed by atoms with Gasteiger partial charge in [-0.3, -0.25) is 0 Å². The molecule has 0 unspecified atom stereocenters. The molecule has 1 aliphatic heterocycles. The van der Waals surface area contributed by atoms with Crippen molar-refractivity contribution in [2.45, 2.75) is 26.7 Å². The zero-order chi connectivity index (χ0) is 23.7. The van der Waals surface area contributed by atoms with Crippen molar-refractivity contribution in [2.75, 3.05) is 31.2 Å². The van der Waals surface area contributed by atoms with Crippen LogP contribution in [0.15, 0.2) is 54.6 Å². The Balaban J connectivity index is 1.50. The van der Waals surface area contributed by atoms with Crippen LogP contribution in [0.25, 0.3) is 16.8 Å². The average Bonchev–Trinajstić information content (AvgIpc) is 3.23. The first-order valence-electron chi connectivity index (χ1n) is 11.7. The smallest absolute Gasteiger partial charge is 0.336 e. The normalized spacial score (nSPS) is 14.0. The van der Waals surface area contributed by atoms with Gasteiger partial charge in [-0.25, -0.2) is 14.3 Å². The van der Waals surface area contributed by atoms with Crippen LogP contribution in [-0.2, 0) is 17.6 Å². The monoisotopic (exact) mass is 456 g/mol. The Morgan fingerprint density at radius 3 is 2.53 bits per heavy atom. The van der Waals surface area contributed by atoms with Crippen LogP contribution in [-0.4, -0.2) is 52.0 Å². The Kier molecular flexibility index (Phi) is 6.02. The summed E-state index contributed by atoms with van der Waals surface area (Å²) >= 11 is 0. The van der Waals surface area contributed by atoms with Crippen LogP contribution in [0.3, 0.4) is 0 Å². The number of aryl methyl sites for hydroxylation is 2. The molecule has 1 fully saturated rings. The van der Waals surface area contributed by atoms with Crippen molar-refractivity contribution < 1.29 is 14.6 Å². The number of fused-ring (bicyclic) bond motifs is 1. The second-order valence-electron chi connectivity index (χ2n) is 8.59. The molecule has 174 valence electrons. The number of benzene rings is 2. The number of carboxylic acid groups (broad SMARTS) is 1. The Morgan fingerprint density at radius 2 is 1.82 bits per heavy atom. The lowest BCUT2D eigenvalue weighted by Crippen LogP contribution is -2.36. The van der Waals surface area contributed by atoms with E-state index >= 15 is 0 Å². The number of morpholine rings is 1. The summed E-state index contributed by atoms with van der Waals surface area (Å²) in [5.74, 6) is 0.0499. The van der Waals surface area contributed by atoms with Gasteiger partial charge in [0.05, 0.1) is 24.5 Å². The van der Waals surface area contributed by atoms with E-state index < -0.39 is 5.97 Å². The molecule has 2 aromatic heterocycles. The van der Waals surface area contributed by atoms with E-state index in [0.717, 1.165) is 77.8 Å². The van der Waals surface area contributed by atoms with E-state index in [9.17, 15) is 9.90 Å². The number of carboxylic acids is 1. The third kappa shape index (κ3) is 4.15. The number of nitrogens with zero attached hydrogens (tertiary/aromatic N) is 4. The molecule has 0 saturated carbocycles. The molecule has 0 spiro atoms. The highest BCUT2D eigenvalue weighted by Crippen LogP contribution is 2.27. The van der Waals surface area contributed by atoms with Gasteiger partial charge >= 0.3 is 5.97 Å². The fourth-order valence-corrected chi connectivity index (χ4v) is 4.58. The van der Waals surface area contributed by atoms with Crippen molar-refractivity contribution in [3.05, 3.63) is 82.7 Å². The standard InChI is InChI=1S/C27H28N4O3/c1-3-24-23(26-28-25(16-18(2)31(26)29-24)30-12-14-34-15-13-30)17-19-8-10-20(11-9-19)21-6-4-5-7-22(21)27(32)33/h4-11,16H,3,12-15,17H2,1-2H3,(H,32,33). The first kappa shape index (κ1) is 22.1. The highest BCUT2D eigenvalue weighted by atomic mass is 16.5. The lowest BCUT2D eigenvalue weighted by molar-refractivity contribution is 0.0697. The molecule has 34 heavy (non-hydrogen) atoms. The molecule has 0 bridgehead atoms. The van der Waals surface area contributed by atoms with Gasteiger partial charge in [0.25, 0.3) is 0 Å². The minimum atomic E-state index is -0.920. The average molecular weight is 457 g/mol. The van der Waals surface area contributed by atoms with Crippen LogP contribution < -0.4 is 4.90 Å². The van der Waals surface area contributed by atoms with Crippen molar-refractivity contribution in [3.63, 3.8) is 0 Å². The molecule has 1 aliphatic rings. The lowest BCUT2D eigenvalue weighted by atomic mass is 9.97. The number of carbonyl (C=O) groups is 1. The zero-order valence-electron chi connectivity index (χ0n) is 19.5. The molecule has 1 saturated heterocycles. The molecule has 3 heterocycles. The largest absolute Gasteiger partial charge is 0.478 e. The number of rotatable bonds is 6. The van der Waals surface area contributed by atoms with E-state index in [4.69, 9.17) is 14.8 Å². The summed E-state index contributed by atoms with van der Waals surface area (Å²) < 4.78 is 7.46. The van der Waals surface area contributed by atoms with Crippen LogP contribution in [0, 0.1) is 6.92 Å². The molecule has 0 radical (unpaired) electrons. The zero-order valence-corrected chi connectivity index (χ0v) is 19.5. The summed E-state index contributed by atoms with van der Waals surface area (Å²) in [4.78, 5) is 18.9. The third-order valence-electron chi connectivity index (χ3n) is 6.41. The Labute approximate surface area is 198 Å². The summed E-state index contributed by atoms with van der Waals surface area (Å²) in [7, 11) is 0. The van der Waals surface area contributed by atoms with Crippen LogP contribution in [0.5, 0.6) is 0 Å². The highest BCUT2D eigenvalue weighted by Gasteiger charge is 2.19. The van der Waals surface area contributed by atoms with Crippen LogP contribution >= 0.6 is 0 Å². The maximum Gasteiger partial charge on any atom is 0.336 e. The van der Waals surface area contributed by atoms with Gasteiger partial charge in [-0.2, -0.15) is 5.10 Å². The summed E-state index contributed by atoms with van der Waals surface area (Å²) in [5.41, 5.74) is 7.21. The van der Waals surface area contributed by atoms with E-state index in [0.29, 0.717) is 12.0 Å². The Morgan fingerprint density at radius 1 is 1.09 bits per heavy atom.